The highest BCUT2D eigenvalue weighted by Gasteiger charge is 2.40. The third-order valence-corrected chi connectivity index (χ3v) is 5.41. The summed E-state index contributed by atoms with van der Waals surface area (Å²) in [7, 11) is 3.92. The number of nitrogens with one attached hydrogen (secondary N) is 1. The van der Waals surface area contributed by atoms with Gasteiger partial charge in [-0.2, -0.15) is 0 Å². The van der Waals surface area contributed by atoms with Crippen LogP contribution < -0.4 is 15.1 Å². The van der Waals surface area contributed by atoms with Crippen LogP contribution in [0.3, 0.4) is 0 Å². The Morgan fingerprint density at radius 2 is 1.42 bits per heavy atom. The lowest BCUT2D eigenvalue weighted by Crippen LogP contribution is -2.32. The van der Waals surface area contributed by atoms with Crippen molar-refractivity contribution < 1.29 is 9.59 Å². The van der Waals surface area contributed by atoms with E-state index >= 15 is 0 Å². The first-order valence-corrected chi connectivity index (χ1v) is 10.2. The minimum absolute atomic E-state index is 0.241. The van der Waals surface area contributed by atoms with Gasteiger partial charge in [-0.25, -0.2) is 4.90 Å². The molecule has 156 valence electrons. The van der Waals surface area contributed by atoms with Gasteiger partial charge in [-0.15, -0.1) is 0 Å². The Morgan fingerprint density at radius 1 is 0.806 bits per heavy atom. The Bertz CT molecular complexity index is 1160. The van der Waals surface area contributed by atoms with Crippen molar-refractivity contribution in [2.75, 3.05) is 29.2 Å². The summed E-state index contributed by atoms with van der Waals surface area (Å²) >= 11 is 6.03. The molecule has 0 aromatic heterocycles. The largest absolute Gasteiger partial charge is 0.378 e. The van der Waals surface area contributed by atoms with Gasteiger partial charge in [0.05, 0.1) is 11.3 Å². The second kappa shape index (κ2) is 8.28. The van der Waals surface area contributed by atoms with E-state index in [2.05, 4.69) is 5.32 Å². The fraction of sp³-hybridized carbons (Fsp3) is 0.120. The van der Waals surface area contributed by atoms with E-state index in [1.54, 1.807) is 36.4 Å². The van der Waals surface area contributed by atoms with Crippen molar-refractivity contribution in [3.63, 3.8) is 0 Å². The van der Waals surface area contributed by atoms with Gasteiger partial charge >= 0.3 is 0 Å². The van der Waals surface area contributed by atoms with Crippen LogP contribution in [0.25, 0.3) is 5.57 Å². The predicted octanol–water partition coefficient (Wildman–Crippen LogP) is 5.11. The van der Waals surface area contributed by atoms with E-state index in [9.17, 15) is 9.59 Å². The van der Waals surface area contributed by atoms with Crippen LogP contribution in [0, 0.1) is 6.92 Å². The Hall–Kier alpha value is -3.57. The normalized spacial score (nSPS) is 13.7. The van der Waals surface area contributed by atoms with E-state index in [4.69, 9.17) is 11.6 Å². The molecular weight excluding hydrogens is 410 g/mol. The quantitative estimate of drug-likeness (QED) is 0.570. The average molecular weight is 432 g/mol. The number of carbonyl (C=O) groups is 2. The van der Waals surface area contributed by atoms with Crippen molar-refractivity contribution in [1.82, 2.24) is 0 Å². The second-order valence-electron chi connectivity index (χ2n) is 7.60. The molecule has 0 saturated carbocycles. The standard InChI is InChI=1S/C25H22ClN3O2/c1-16-4-12-21(13-5-16)29-24(30)22(17-6-8-18(26)9-7-17)23(25(29)31)27-19-10-14-20(15-11-19)28(2)3/h4-15,27H,1-3H3. The van der Waals surface area contributed by atoms with E-state index in [0.717, 1.165) is 16.9 Å². The van der Waals surface area contributed by atoms with Crippen LogP contribution in [-0.2, 0) is 9.59 Å². The van der Waals surface area contributed by atoms with Gasteiger partial charge < -0.3 is 10.2 Å². The van der Waals surface area contributed by atoms with Crippen LogP contribution in [0.15, 0.2) is 78.5 Å². The molecule has 4 rings (SSSR count). The highest BCUT2D eigenvalue weighted by molar-refractivity contribution is 6.46. The molecule has 3 aromatic rings. The van der Waals surface area contributed by atoms with E-state index in [1.807, 2.05) is 62.3 Å². The smallest absolute Gasteiger partial charge is 0.282 e. The molecular formula is C25H22ClN3O2. The lowest BCUT2D eigenvalue weighted by molar-refractivity contribution is -0.120. The Labute approximate surface area is 186 Å². The van der Waals surface area contributed by atoms with Crippen LogP contribution in [0.4, 0.5) is 17.1 Å². The third-order valence-electron chi connectivity index (χ3n) is 5.16. The van der Waals surface area contributed by atoms with Gasteiger partial charge in [-0.05, 0) is 61.0 Å². The Morgan fingerprint density at radius 3 is 2.00 bits per heavy atom. The topological polar surface area (TPSA) is 52.7 Å². The molecule has 1 aliphatic heterocycles. The average Bonchev–Trinajstić information content (AvgIpc) is 2.99. The number of amides is 2. The van der Waals surface area contributed by atoms with E-state index in [0.29, 0.717) is 21.8 Å². The van der Waals surface area contributed by atoms with Crippen LogP contribution in [0.1, 0.15) is 11.1 Å². The van der Waals surface area contributed by atoms with E-state index < -0.39 is 5.91 Å². The van der Waals surface area contributed by atoms with Crippen LogP contribution in [0.2, 0.25) is 5.02 Å². The van der Waals surface area contributed by atoms with Crippen LogP contribution in [0.5, 0.6) is 0 Å². The van der Waals surface area contributed by atoms with Crippen molar-refractivity contribution in [3.05, 3.63) is 94.6 Å². The summed E-state index contributed by atoms with van der Waals surface area (Å²) in [4.78, 5) is 30.0. The number of benzene rings is 3. The number of hydrogen-bond acceptors (Lipinski definition) is 4. The predicted molar refractivity (Wildman–Crippen MR) is 126 cm³/mol. The fourth-order valence-corrected chi connectivity index (χ4v) is 3.57. The fourth-order valence-electron chi connectivity index (χ4n) is 3.45. The number of halogens is 1. The summed E-state index contributed by atoms with van der Waals surface area (Å²) in [6.07, 6.45) is 0. The lowest BCUT2D eigenvalue weighted by Gasteiger charge is -2.16. The van der Waals surface area contributed by atoms with E-state index in [-0.39, 0.29) is 11.6 Å². The summed E-state index contributed by atoms with van der Waals surface area (Å²) in [5.74, 6) is -0.765. The number of hydrogen-bond donors (Lipinski definition) is 1. The molecule has 1 heterocycles. The van der Waals surface area contributed by atoms with E-state index in [1.165, 1.54) is 4.90 Å². The van der Waals surface area contributed by atoms with Gasteiger partial charge in [0.1, 0.15) is 5.70 Å². The molecule has 1 aliphatic rings. The molecule has 31 heavy (non-hydrogen) atoms. The summed E-state index contributed by atoms with van der Waals surface area (Å²) in [5, 5.41) is 3.74. The minimum atomic E-state index is -0.393. The highest BCUT2D eigenvalue weighted by atomic mass is 35.5. The minimum Gasteiger partial charge on any atom is -0.378 e. The number of anilines is 3. The third kappa shape index (κ3) is 4.05. The SMILES string of the molecule is Cc1ccc(N2C(=O)C(Nc3ccc(N(C)C)cc3)=C(c3ccc(Cl)cc3)C2=O)cc1. The maximum atomic E-state index is 13.4. The molecule has 2 amide bonds. The van der Waals surface area contributed by atoms with Gasteiger partial charge in [-0.3, -0.25) is 9.59 Å². The zero-order valence-corrected chi connectivity index (χ0v) is 18.3. The van der Waals surface area contributed by atoms with Crippen molar-refractivity contribution in [2.45, 2.75) is 6.92 Å². The molecule has 0 spiro atoms. The maximum Gasteiger partial charge on any atom is 0.282 e. The molecule has 0 atom stereocenters. The molecule has 0 saturated heterocycles. The number of nitrogens with zero attached hydrogens (tertiary/aromatic N) is 2. The summed E-state index contributed by atoms with van der Waals surface area (Å²) < 4.78 is 0. The van der Waals surface area contributed by atoms with Gasteiger partial charge in [0.25, 0.3) is 11.8 Å². The summed E-state index contributed by atoms with van der Waals surface area (Å²) in [5.41, 5.74) is 4.53. The highest BCUT2D eigenvalue weighted by Crippen LogP contribution is 2.34. The molecule has 0 aliphatic carbocycles. The molecule has 0 unspecified atom stereocenters. The monoisotopic (exact) mass is 431 g/mol. The summed E-state index contributed by atoms with van der Waals surface area (Å²) in [6, 6.07) is 21.9. The molecule has 0 bridgehead atoms. The van der Waals surface area contributed by atoms with Crippen molar-refractivity contribution >= 4 is 46.1 Å². The van der Waals surface area contributed by atoms with Gasteiger partial charge in [0.15, 0.2) is 0 Å². The van der Waals surface area contributed by atoms with Crippen molar-refractivity contribution in [2.24, 2.45) is 0 Å². The number of carbonyl (C=O) groups excluding carboxylic acids is 2. The molecule has 5 nitrogen and oxygen atoms in total. The second-order valence-corrected chi connectivity index (χ2v) is 8.04. The van der Waals surface area contributed by atoms with Crippen LogP contribution in [-0.4, -0.2) is 25.9 Å². The molecule has 0 radical (unpaired) electrons. The number of aryl methyl sites for hydroxylation is 1. The summed E-state index contributed by atoms with van der Waals surface area (Å²) in [6.45, 7) is 1.96. The number of imide groups is 1. The molecule has 3 aromatic carbocycles. The molecule has 0 fully saturated rings. The van der Waals surface area contributed by atoms with Crippen molar-refractivity contribution in [3.8, 4) is 0 Å². The Kier molecular flexibility index (Phi) is 5.53. The van der Waals surface area contributed by atoms with Gasteiger partial charge in [0, 0.05) is 30.5 Å². The first-order valence-electron chi connectivity index (χ1n) is 9.85. The molecule has 1 N–H and O–H groups in total. The Balaban J connectivity index is 1.77. The van der Waals surface area contributed by atoms with Crippen LogP contribution >= 0.6 is 11.6 Å². The first kappa shape index (κ1) is 20.7. The lowest BCUT2D eigenvalue weighted by atomic mass is 10.0. The van der Waals surface area contributed by atoms with Gasteiger partial charge in [0.2, 0.25) is 0 Å². The van der Waals surface area contributed by atoms with Crippen molar-refractivity contribution in [1.29, 1.82) is 0 Å². The maximum absolute atomic E-state index is 13.4. The van der Waals surface area contributed by atoms with Gasteiger partial charge in [-0.1, -0.05) is 41.4 Å². The molecule has 6 heteroatoms. The first-order chi connectivity index (χ1) is 14.8. The zero-order chi connectivity index (χ0) is 22.1. The zero-order valence-electron chi connectivity index (χ0n) is 17.5. The number of rotatable bonds is 5.